The van der Waals surface area contributed by atoms with Gasteiger partial charge in [-0.3, -0.25) is 14.9 Å². The summed E-state index contributed by atoms with van der Waals surface area (Å²) in [6.45, 7) is 1.70. The maximum Gasteiger partial charge on any atom is 0.285 e. The Kier molecular flexibility index (Phi) is 4.92. The number of nitrogens with zero attached hydrogens (tertiary/aromatic N) is 2. The highest BCUT2D eigenvalue weighted by Crippen LogP contribution is 2.27. The number of benzene rings is 1. The molecule has 1 aromatic heterocycles. The molecule has 116 valence electrons. The van der Waals surface area contributed by atoms with E-state index in [4.69, 9.17) is 0 Å². The molecule has 0 radical (unpaired) electrons. The van der Waals surface area contributed by atoms with Crippen molar-refractivity contribution < 1.29 is 14.1 Å². The van der Waals surface area contributed by atoms with E-state index in [-0.39, 0.29) is 16.8 Å². The summed E-state index contributed by atoms with van der Waals surface area (Å²) in [5.74, 6) is -1.25. The number of hydrogen-bond acceptors (Lipinski definition) is 4. The zero-order chi connectivity index (χ0) is 16.4. The van der Waals surface area contributed by atoms with Crippen LogP contribution < -0.4 is 0 Å². The monoisotopic (exact) mass is 386 g/mol. The topological polar surface area (TPSA) is 63.5 Å². The zero-order valence-corrected chi connectivity index (χ0v) is 14.2. The Hall–Kier alpha value is -1.80. The average molecular weight is 387 g/mol. The molecule has 0 atom stereocenters. The zero-order valence-electron chi connectivity index (χ0n) is 11.8. The molecular weight excluding hydrogens is 375 g/mol. The lowest BCUT2D eigenvalue weighted by atomic mass is 10.1. The molecule has 0 unspecified atom stereocenters. The maximum absolute atomic E-state index is 13.5. The van der Waals surface area contributed by atoms with Crippen LogP contribution in [-0.4, -0.2) is 22.8 Å². The fourth-order valence-corrected chi connectivity index (χ4v) is 3.63. The first kappa shape index (κ1) is 16.6. The highest BCUT2D eigenvalue weighted by atomic mass is 79.9. The number of aryl methyl sites for hydroxylation is 1. The molecule has 22 heavy (non-hydrogen) atoms. The van der Waals surface area contributed by atoms with Crippen LogP contribution in [0.5, 0.6) is 0 Å². The predicted octanol–water partition coefficient (Wildman–Crippen LogP) is 4.14. The summed E-state index contributed by atoms with van der Waals surface area (Å²) >= 11 is 4.79. The van der Waals surface area contributed by atoms with Crippen molar-refractivity contribution in [1.29, 1.82) is 0 Å². The molecule has 1 amide bonds. The minimum atomic E-state index is -0.668. The van der Waals surface area contributed by atoms with Crippen LogP contribution in [0.15, 0.2) is 28.1 Å². The molecule has 0 aliphatic carbocycles. The molecule has 1 heterocycles. The van der Waals surface area contributed by atoms with Crippen molar-refractivity contribution in [2.24, 2.45) is 0 Å². The van der Waals surface area contributed by atoms with Crippen LogP contribution in [0, 0.1) is 22.9 Å². The summed E-state index contributed by atoms with van der Waals surface area (Å²) in [6.07, 6.45) is 0. The molecule has 5 nitrogen and oxygen atoms in total. The Labute approximate surface area is 138 Å². The standard InChI is InChI=1S/C14H12BrFN2O3S/c1-8-5-9(16)6-11(13(8)18(20)21)14(19)17(2)7-10-3-4-12(15)22-10/h3-6H,7H2,1-2H3. The number of rotatable bonds is 4. The van der Waals surface area contributed by atoms with Gasteiger partial charge in [-0.05, 0) is 47.1 Å². The van der Waals surface area contributed by atoms with E-state index in [0.29, 0.717) is 6.54 Å². The van der Waals surface area contributed by atoms with Gasteiger partial charge < -0.3 is 4.90 Å². The fourth-order valence-electron chi connectivity index (χ4n) is 2.09. The number of amides is 1. The third kappa shape index (κ3) is 3.50. The molecule has 8 heteroatoms. The second-order valence-corrected chi connectivity index (χ2v) is 7.29. The molecule has 0 N–H and O–H groups in total. The van der Waals surface area contributed by atoms with Crippen molar-refractivity contribution in [2.45, 2.75) is 13.5 Å². The number of nitro benzene ring substituents is 1. The number of hydrogen-bond donors (Lipinski definition) is 0. The van der Waals surface area contributed by atoms with Crippen LogP contribution in [0.4, 0.5) is 10.1 Å². The highest BCUT2D eigenvalue weighted by molar-refractivity contribution is 9.11. The minimum absolute atomic E-state index is 0.126. The first-order valence-electron chi connectivity index (χ1n) is 6.24. The van der Waals surface area contributed by atoms with Crippen molar-refractivity contribution in [3.8, 4) is 0 Å². The first-order chi connectivity index (χ1) is 10.3. The summed E-state index contributed by atoms with van der Waals surface area (Å²) in [7, 11) is 1.53. The molecule has 0 bridgehead atoms. The van der Waals surface area contributed by atoms with Gasteiger partial charge in [0.2, 0.25) is 0 Å². The van der Waals surface area contributed by atoms with Gasteiger partial charge in [0.1, 0.15) is 11.4 Å². The molecule has 2 rings (SSSR count). The second kappa shape index (κ2) is 6.53. The Morgan fingerprint density at radius 1 is 1.45 bits per heavy atom. The van der Waals surface area contributed by atoms with Gasteiger partial charge in [-0.1, -0.05) is 0 Å². The van der Waals surface area contributed by atoms with Crippen molar-refractivity contribution in [3.05, 3.63) is 60.0 Å². The van der Waals surface area contributed by atoms with Gasteiger partial charge in [-0.2, -0.15) is 0 Å². The lowest BCUT2D eigenvalue weighted by Crippen LogP contribution is -2.27. The average Bonchev–Trinajstić information content (AvgIpc) is 2.81. The first-order valence-corrected chi connectivity index (χ1v) is 7.84. The van der Waals surface area contributed by atoms with Crippen LogP contribution in [0.3, 0.4) is 0 Å². The quantitative estimate of drug-likeness (QED) is 0.585. The summed E-state index contributed by atoms with van der Waals surface area (Å²) in [5.41, 5.74) is -0.466. The van der Waals surface area contributed by atoms with E-state index in [9.17, 15) is 19.3 Å². The van der Waals surface area contributed by atoms with E-state index in [2.05, 4.69) is 15.9 Å². The van der Waals surface area contributed by atoms with E-state index in [0.717, 1.165) is 20.8 Å². The van der Waals surface area contributed by atoms with Crippen molar-refractivity contribution in [2.75, 3.05) is 7.05 Å². The smallest absolute Gasteiger partial charge is 0.285 e. The van der Waals surface area contributed by atoms with Gasteiger partial charge in [0, 0.05) is 17.5 Å². The molecule has 0 saturated carbocycles. The van der Waals surface area contributed by atoms with Crippen LogP contribution in [-0.2, 0) is 6.54 Å². The number of thiophene rings is 1. The molecule has 0 aliphatic heterocycles. The molecule has 0 saturated heterocycles. The third-order valence-electron chi connectivity index (χ3n) is 3.05. The van der Waals surface area contributed by atoms with Gasteiger partial charge in [0.15, 0.2) is 0 Å². The maximum atomic E-state index is 13.5. The van der Waals surface area contributed by atoms with Gasteiger partial charge in [0.25, 0.3) is 11.6 Å². The molecule has 0 aliphatic rings. The molecular formula is C14H12BrFN2O3S. The van der Waals surface area contributed by atoms with Crippen molar-refractivity contribution in [3.63, 3.8) is 0 Å². The van der Waals surface area contributed by atoms with E-state index in [1.54, 1.807) is 0 Å². The summed E-state index contributed by atoms with van der Waals surface area (Å²) in [6, 6.07) is 5.66. The Morgan fingerprint density at radius 3 is 2.68 bits per heavy atom. The van der Waals surface area contributed by atoms with Gasteiger partial charge >= 0.3 is 0 Å². The van der Waals surface area contributed by atoms with Gasteiger partial charge in [-0.15, -0.1) is 11.3 Å². The van der Waals surface area contributed by atoms with Crippen LogP contribution in [0.1, 0.15) is 20.8 Å². The highest BCUT2D eigenvalue weighted by Gasteiger charge is 2.26. The van der Waals surface area contributed by atoms with Gasteiger partial charge in [-0.25, -0.2) is 4.39 Å². The summed E-state index contributed by atoms with van der Waals surface area (Å²) < 4.78 is 14.5. The normalized spacial score (nSPS) is 10.5. The van der Waals surface area contributed by atoms with E-state index in [1.165, 1.54) is 30.2 Å². The number of nitro groups is 1. The van der Waals surface area contributed by atoms with Crippen LogP contribution in [0.2, 0.25) is 0 Å². The Balaban J connectivity index is 2.34. The lowest BCUT2D eigenvalue weighted by molar-refractivity contribution is -0.385. The Morgan fingerprint density at radius 2 is 2.14 bits per heavy atom. The molecule has 0 fully saturated rings. The van der Waals surface area contributed by atoms with E-state index in [1.807, 2.05) is 12.1 Å². The molecule has 1 aromatic carbocycles. The summed E-state index contributed by atoms with van der Waals surface area (Å²) in [5, 5.41) is 11.2. The molecule has 2 aromatic rings. The minimum Gasteiger partial charge on any atom is -0.336 e. The van der Waals surface area contributed by atoms with Crippen LogP contribution >= 0.6 is 27.3 Å². The number of halogens is 2. The second-order valence-electron chi connectivity index (χ2n) is 4.74. The fraction of sp³-hybridized carbons (Fsp3) is 0.214. The predicted molar refractivity (Wildman–Crippen MR) is 85.6 cm³/mol. The van der Waals surface area contributed by atoms with E-state index < -0.39 is 16.6 Å². The van der Waals surface area contributed by atoms with Crippen molar-refractivity contribution in [1.82, 2.24) is 4.90 Å². The summed E-state index contributed by atoms with van der Waals surface area (Å²) in [4.78, 5) is 25.2. The third-order valence-corrected chi connectivity index (χ3v) is 4.66. The Bertz CT molecular complexity index is 748. The largest absolute Gasteiger partial charge is 0.336 e. The van der Waals surface area contributed by atoms with Crippen LogP contribution in [0.25, 0.3) is 0 Å². The number of carbonyl (C=O) groups excluding carboxylic acids is 1. The molecule has 0 spiro atoms. The van der Waals surface area contributed by atoms with Crippen molar-refractivity contribution >= 4 is 38.9 Å². The van der Waals surface area contributed by atoms with E-state index >= 15 is 0 Å². The number of carbonyl (C=O) groups is 1. The SMILES string of the molecule is Cc1cc(F)cc(C(=O)N(C)Cc2ccc(Br)s2)c1[N+](=O)[O-]. The lowest BCUT2D eigenvalue weighted by Gasteiger charge is -2.16. The van der Waals surface area contributed by atoms with Gasteiger partial charge in [0.05, 0.1) is 15.3 Å².